The molecule has 0 fully saturated rings. The lowest BCUT2D eigenvalue weighted by atomic mass is 10.1. The fraction of sp³-hybridized carbons (Fsp3) is 0.143. The van der Waals surface area contributed by atoms with E-state index >= 15 is 0 Å². The number of Topliss-reactive ketones (excluding diaryl/α,β-unsaturated/α-hetero) is 1. The highest BCUT2D eigenvalue weighted by molar-refractivity contribution is 7.14. The van der Waals surface area contributed by atoms with Crippen LogP contribution in [0.3, 0.4) is 0 Å². The van der Waals surface area contributed by atoms with Crippen molar-refractivity contribution in [1.29, 1.82) is 0 Å². The smallest absolute Gasteiger partial charge is 0.325 e. The van der Waals surface area contributed by atoms with Gasteiger partial charge in [0.1, 0.15) is 0 Å². The maximum absolute atomic E-state index is 12.2. The molecule has 148 valence electrons. The van der Waals surface area contributed by atoms with E-state index in [2.05, 4.69) is 20.9 Å². The summed E-state index contributed by atoms with van der Waals surface area (Å²) in [5.41, 5.74) is 3.40. The van der Waals surface area contributed by atoms with Crippen LogP contribution in [0.1, 0.15) is 28.5 Å². The van der Waals surface area contributed by atoms with E-state index in [1.807, 2.05) is 31.2 Å². The molecule has 3 N–H and O–H groups in total. The molecule has 3 amide bonds. The third-order valence-corrected chi connectivity index (χ3v) is 4.78. The van der Waals surface area contributed by atoms with Crippen LogP contribution in [0.5, 0.6) is 0 Å². The van der Waals surface area contributed by atoms with Crippen LogP contribution >= 0.6 is 11.3 Å². The average Bonchev–Trinajstić information content (AvgIpc) is 3.10. The zero-order chi connectivity index (χ0) is 20.8. The third kappa shape index (κ3) is 5.98. The average molecular weight is 408 g/mol. The van der Waals surface area contributed by atoms with Gasteiger partial charge in [-0.3, -0.25) is 14.9 Å². The van der Waals surface area contributed by atoms with Crippen LogP contribution in [0, 0.1) is 6.92 Å². The number of benzene rings is 2. The molecule has 2 aromatic carbocycles. The molecule has 0 radical (unpaired) electrons. The number of nitrogens with one attached hydrogen (secondary N) is 3. The molecule has 0 spiro atoms. The van der Waals surface area contributed by atoms with E-state index in [9.17, 15) is 14.4 Å². The van der Waals surface area contributed by atoms with E-state index in [0.29, 0.717) is 27.8 Å². The SMILES string of the molecule is CC(=O)c1cccc(NC(=O)Cc2csc(NC(=O)Nc3ccc(C)cc3)n2)c1. The summed E-state index contributed by atoms with van der Waals surface area (Å²) in [5.74, 6) is -0.327. The number of aromatic nitrogens is 1. The van der Waals surface area contributed by atoms with Crippen LogP contribution in [0.15, 0.2) is 53.9 Å². The molecule has 8 heteroatoms. The quantitative estimate of drug-likeness (QED) is 0.524. The van der Waals surface area contributed by atoms with Crippen molar-refractivity contribution in [3.8, 4) is 0 Å². The number of hydrogen-bond acceptors (Lipinski definition) is 5. The van der Waals surface area contributed by atoms with Crippen molar-refractivity contribution in [2.45, 2.75) is 20.3 Å². The summed E-state index contributed by atoms with van der Waals surface area (Å²) in [5, 5.41) is 10.2. The second kappa shape index (κ2) is 9.11. The Labute approximate surface area is 172 Å². The van der Waals surface area contributed by atoms with Crippen LogP contribution < -0.4 is 16.0 Å². The van der Waals surface area contributed by atoms with Gasteiger partial charge in [-0.15, -0.1) is 11.3 Å². The van der Waals surface area contributed by atoms with Gasteiger partial charge < -0.3 is 10.6 Å². The van der Waals surface area contributed by atoms with Gasteiger partial charge in [0.25, 0.3) is 0 Å². The molecule has 1 aromatic heterocycles. The van der Waals surface area contributed by atoms with Gasteiger partial charge in [0, 0.05) is 22.3 Å². The van der Waals surface area contributed by atoms with Gasteiger partial charge in [-0.2, -0.15) is 0 Å². The van der Waals surface area contributed by atoms with E-state index in [0.717, 1.165) is 5.56 Å². The topological polar surface area (TPSA) is 100 Å². The molecule has 0 unspecified atom stereocenters. The number of rotatable bonds is 6. The number of urea groups is 1. The Morgan fingerprint density at radius 3 is 2.45 bits per heavy atom. The highest BCUT2D eigenvalue weighted by Gasteiger charge is 2.11. The Morgan fingerprint density at radius 2 is 1.72 bits per heavy atom. The lowest BCUT2D eigenvalue weighted by Gasteiger charge is -2.06. The Bertz CT molecular complexity index is 1040. The minimum Gasteiger partial charge on any atom is -0.326 e. The van der Waals surface area contributed by atoms with Gasteiger partial charge in [-0.1, -0.05) is 29.8 Å². The van der Waals surface area contributed by atoms with Crippen molar-refractivity contribution in [3.63, 3.8) is 0 Å². The number of carbonyl (C=O) groups excluding carboxylic acids is 3. The van der Waals surface area contributed by atoms with Crippen LogP contribution in [0.4, 0.5) is 21.3 Å². The number of hydrogen-bond donors (Lipinski definition) is 3. The number of amides is 3. The fourth-order valence-electron chi connectivity index (χ4n) is 2.53. The first-order valence-electron chi connectivity index (χ1n) is 8.89. The largest absolute Gasteiger partial charge is 0.326 e. The predicted molar refractivity (Wildman–Crippen MR) is 115 cm³/mol. The van der Waals surface area contributed by atoms with E-state index in [4.69, 9.17) is 0 Å². The number of thiazole rings is 1. The first kappa shape index (κ1) is 20.2. The first-order chi connectivity index (χ1) is 13.9. The molecule has 0 saturated heterocycles. The second-order valence-electron chi connectivity index (χ2n) is 6.45. The number of ketones is 1. The molecule has 29 heavy (non-hydrogen) atoms. The number of carbonyl (C=O) groups is 3. The third-order valence-electron chi connectivity index (χ3n) is 3.98. The van der Waals surface area contributed by atoms with Gasteiger partial charge >= 0.3 is 6.03 Å². The molecule has 3 rings (SSSR count). The van der Waals surface area contributed by atoms with Gasteiger partial charge in [0.2, 0.25) is 5.91 Å². The van der Waals surface area contributed by atoms with Gasteiger partial charge in [0.15, 0.2) is 10.9 Å². The molecule has 0 aliphatic rings. The zero-order valence-electron chi connectivity index (χ0n) is 16.0. The number of aryl methyl sites for hydroxylation is 1. The van der Waals surface area contributed by atoms with Crippen molar-refractivity contribution in [1.82, 2.24) is 4.98 Å². The molecule has 0 saturated carbocycles. The van der Waals surface area contributed by atoms with Gasteiger partial charge in [0.05, 0.1) is 12.1 Å². The van der Waals surface area contributed by atoms with Crippen molar-refractivity contribution in [3.05, 3.63) is 70.7 Å². The summed E-state index contributed by atoms with van der Waals surface area (Å²) in [4.78, 5) is 40.0. The lowest BCUT2D eigenvalue weighted by molar-refractivity contribution is -0.115. The molecule has 3 aromatic rings. The highest BCUT2D eigenvalue weighted by atomic mass is 32.1. The second-order valence-corrected chi connectivity index (χ2v) is 7.31. The Kier molecular flexibility index (Phi) is 6.36. The lowest BCUT2D eigenvalue weighted by Crippen LogP contribution is -2.19. The normalized spacial score (nSPS) is 10.3. The van der Waals surface area contributed by atoms with E-state index in [-0.39, 0.29) is 18.1 Å². The molecule has 1 heterocycles. The summed E-state index contributed by atoms with van der Waals surface area (Å²) in [6, 6.07) is 13.8. The first-order valence-corrected chi connectivity index (χ1v) is 9.77. The zero-order valence-corrected chi connectivity index (χ0v) is 16.8. The minimum absolute atomic E-state index is 0.0576. The van der Waals surface area contributed by atoms with Crippen molar-refractivity contribution in [2.75, 3.05) is 16.0 Å². The summed E-state index contributed by atoms with van der Waals surface area (Å²) < 4.78 is 0. The van der Waals surface area contributed by atoms with Crippen LogP contribution in [-0.4, -0.2) is 22.7 Å². The Balaban J connectivity index is 1.53. The van der Waals surface area contributed by atoms with Crippen LogP contribution in [-0.2, 0) is 11.2 Å². The van der Waals surface area contributed by atoms with Crippen molar-refractivity contribution >= 4 is 45.6 Å². The van der Waals surface area contributed by atoms with Crippen molar-refractivity contribution < 1.29 is 14.4 Å². The van der Waals surface area contributed by atoms with Crippen molar-refractivity contribution in [2.24, 2.45) is 0 Å². The molecular formula is C21H20N4O3S. The van der Waals surface area contributed by atoms with Crippen LogP contribution in [0.25, 0.3) is 0 Å². The summed E-state index contributed by atoms with van der Waals surface area (Å²) in [6.07, 6.45) is 0.0576. The molecule has 0 aliphatic carbocycles. The van der Waals surface area contributed by atoms with Gasteiger partial charge in [-0.05, 0) is 38.1 Å². The van der Waals surface area contributed by atoms with Crippen LogP contribution in [0.2, 0.25) is 0 Å². The summed E-state index contributed by atoms with van der Waals surface area (Å²) >= 11 is 1.24. The monoisotopic (exact) mass is 408 g/mol. The highest BCUT2D eigenvalue weighted by Crippen LogP contribution is 2.18. The fourth-order valence-corrected chi connectivity index (χ4v) is 3.23. The van der Waals surface area contributed by atoms with E-state index in [1.54, 1.807) is 29.6 Å². The maximum atomic E-state index is 12.2. The molecule has 0 aliphatic heterocycles. The van der Waals surface area contributed by atoms with E-state index < -0.39 is 6.03 Å². The Hall–Kier alpha value is -3.52. The standard InChI is InChI=1S/C21H20N4O3S/c1-13-6-8-16(9-7-13)23-20(28)25-21-24-18(12-29-21)11-19(27)22-17-5-3-4-15(10-17)14(2)26/h3-10,12H,11H2,1-2H3,(H,22,27)(H2,23,24,25,28). The molecule has 7 nitrogen and oxygen atoms in total. The van der Waals surface area contributed by atoms with E-state index in [1.165, 1.54) is 18.3 Å². The molecule has 0 bridgehead atoms. The van der Waals surface area contributed by atoms with Gasteiger partial charge in [-0.25, -0.2) is 9.78 Å². The number of anilines is 3. The Morgan fingerprint density at radius 1 is 0.966 bits per heavy atom. The number of nitrogens with zero attached hydrogens (tertiary/aromatic N) is 1. The summed E-state index contributed by atoms with van der Waals surface area (Å²) in [7, 11) is 0. The molecule has 0 atom stereocenters. The molecular weight excluding hydrogens is 388 g/mol. The minimum atomic E-state index is -0.403. The maximum Gasteiger partial charge on any atom is 0.325 e. The predicted octanol–water partition coefficient (Wildman–Crippen LogP) is 4.48. The summed E-state index contributed by atoms with van der Waals surface area (Å²) in [6.45, 7) is 3.44.